The maximum absolute atomic E-state index is 5.56. The third-order valence-corrected chi connectivity index (χ3v) is 1.65. The van der Waals surface area contributed by atoms with Gasteiger partial charge in [0.15, 0.2) is 5.15 Å². The standard InChI is InChI=1S/C5H6Cl2N2/c1-2-3-8-4(6)5(7)9-3/h2H2,1H3,(H,8,9). The van der Waals surface area contributed by atoms with Gasteiger partial charge in [-0.15, -0.1) is 0 Å². The molecule has 9 heavy (non-hydrogen) atoms. The van der Waals surface area contributed by atoms with Crippen LogP contribution in [0.15, 0.2) is 0 Å². The molecule has 0 unspecified atom stereocenters. The first-order chi connectivity index (χ1) is 4.24. The highest BCUT2D eigenvalue weighted by Crippen LogP contribution is 2.17. The van der Waals surface area contributed by atoms with Crippen LogP contribution in [0.5, 0.6) is 0 Å². The van der Waals surface area contributed by atoms with Gasteiger partial charge < -0.3 is 4.98 Å². The second-order valence-corrected chi connectivity index (χ2v) is 2.38. The molecule has 0 aliphatic heterocycles. The Morgan fingerprint density at radius 2 is 2.22 bits per heavy atom. The lowest BCUT2D eigenvalue weighted by Crippen LogP contribution is -1.79. The molecule has 0 aromatic carbocycles. The summed E-state index contributed by atoms with van der Waals surface area (Å²) in [6, 6.07) is 0. The molecule has 0 atom stereocenters. The number of aromatic nitrogens is 2. The summed E-state index contributed by atoms with van der Waals surface area (Å²) in [5.74, 6) is 0.824. The molecule has 0 aliphatic rings. The van der Waals surface area contributed by atoms with E-state index in [4.69, 9.17) is 23.2 Å². The topological polar surface area (TPSA) is 28.7 Å². The zero-order valence-electron chi connectivity index (χ0n) is 4.91. The normalized spacial score (nSPS) is 10.1. The molecule has 0 amide bonds. The Bertz CT molecular complexity index is 187. The van der Waals surface area contributed by atoms with Gasteiger partial charge in [-0.3, -0.25) is 0 Å². The van der Waals surface area contributed by atoms with Gasteiger partial charge in [0.25, 0.3) is 0 Å². The first-order valence-electron chi connectivity index (χ1n) is 2.64. The smallest absolute Gasteiger partial charge is 0.166 e. The molecule has 0 spiro atoms. The lowest BCUT2D eigenvalue weighted by atomic mass is 10.5. The lowest BCUT2D eigenvalue weighted by Gasteiger charge is -1.80. The van der Waals surface area contributed by atoms with Crippen molar-refractivity contribution >= 4 is 23.2 Å². The molecule has 1 N–H and O–H groups in total. The van der Waals surface area contributed by atoms with E-state index in [1.165, 1.54) is 0 Å². The minimum Gasteiger partial charge on any atom is -0.332 e. The number of nitrogens with zero attached hydrogens (tertiary/aromatic N) is 1. The maximum Gasteiger partial charge on any atom is 0.166 e. The average Bonchev–Trinajstić information content (AvgIpc) is 2.13. The molecule has 1 heterocycles. The summed E-state index contributed by atoms with van der Waals surface area (Å²) in [5.41, 5.74) is 0. The largest absolute Gasteiger partial charge is 0.332 e. The highest BCUT2D eigenvalue weighted by atomic mass is 35.5. The van der Waals surface area contributed by atoms with Crippen LogP contribution in [0.2, 0.25) is 10.3 Å². The van der Waals surface area contributed by atoms with Crippen molar-refractivity contribution in [3.05, 3.63) is 16.1 Å². The molecule has 0 fully saturated rings. The number of hydrogen-bond donors (Lipinski definition) is 1. The van der Waals surface area contributed by atoms with Crippen molar-refractivity contribution in [1.29, 1.82) is 0 Å². The van der Waals surface area contributed by atoms with Gasteiger partial charge in [0, 0.05) is 6.42 Å². The predicted octanol–water partition coefficient (Wildman–Crippen LogP) is 2.28. The van der Waals surface area contributed by atoms with Crippen LogP contribution in [0.25, 0.3) is 0 Å². The van der Waals surface area contributed by atoms with Crippen molar-refractivity contribution in [2.24, 2.45) is 0 Å². The number of rotatable bonds is 1. The van der Waals surface area contributed by atoms with E-state index in [9.17, 15) is 0 Å². The van der Waals surface area contributed by atoms with Gasteiger partial charge in [-0.05, 0) is 0 Å². The van der Waals surface area contributed by atoms with Crippen molar-refractivity contribution in [3.8, 4) is 0 Å². The minimum atomic E-state index is 0.355. The lowest BCUT2D eigenvalue weighted by molar-refractivity contribution is 0.990. The summed E-state index contributed by atoms with van der Waals surface area (Å²) < 4.78 is 0. The van der Waals surface area contributed by atoms with E-state index >= 15 is 0 Å². The van der Waals surface area contributed by atoms with Crippen molar-refractivity contribution in [2.45, 2.75) is 13.3 Å². The Kier molecular flexibility index (Phi) is 1.98. The fraction of sp³-hybridized carbons (Fsp3) is 0.400. The zero-order chi connectivity index (χ0) is 6.85. The second kappa shape index (κ2) is 2.58. The van der Waals surface area contributed by atoms with Gasteiger partial charge in [0.2, 0.25) is 0 Å². The maximum atomic E-state index is 5.56. The number of imidazole rings is 1. The number of nitrogens with one attached hydrogen (secondary N) is 1. The average molecular weight is 165 g/mol. The minimum absolute atomic E-state index is 0.355. The van der Waals surface area contributed by atoms with Crippen LogP contribution in [0.3, 0.4) is 0 Å². The van der Waals surface area contributed by atoms with Gasteiger partial charge in [-0.1, -0.05) is 30.1 Å². The summed E-state index contributed by atoms with van der Waals surface area (Å²) in [6.45, 7) is 1.98. The fourth-order valence-electron chi connectivity index (χ4n) is 0.541. The van der Waals surface area contributed by atoms with Crippen LogP contribution in [0.1, 0.15) is 12.7 Å². The monoisotopic (exact) mass is 164 g/mol. The van der Waals surface area contributed by atoms with Gasteiger partial charge in [0.05, 0.1) is 0 Å². The molecule has 0 aliphatic carbocycles. The van der Waals surface area contributed by atoms with Crippen LogP contribution in [0.4, 0.5) is 0 Å². The first kappa shape index (κ1) is 6.90. The van der Waals surface area contributed by atoms with Crippen LogP contribution >= 0.6 is 23.2 Å². The highest BCUT2D eigenvalue weighted by molar-refractivity contribution is 6.40. The van der Waals surface area contributed by atoms with Crippen molar-refractivity contribution < 1.29 is 0 Å². The van der Waals surface area contributed by atoms with E-state index in [0.29, 0.717) is 10.3 Å². The molecule has 0 saturated heterocycles. The number of aromatic amines is 1. The van der Waals surface area contributed by atoms with Crippen molar-refractivity contribution in [1.82, 2.24) is 9.97 Å². The molecule has 1 rings (SSSR count). The Balaban J connectivity index is 2.98. The van der Waals surface area contributed by atoms with Crippen molar-refractivity contribution in [3.63, 3.8) is 0 Å². The molecule has 0 saturated carbocycles. The number of aryl methyl sites for hydroxylation is 1. The van der Waals surface area contributed by atoms with E-state index in [-0.39, 0.29) is 0 Å². The summed E-state index contributed by atoms with van der Waals surface area (Å²) >= 11 is 11.1. The van der Waals surface area contributed by atoms with Crippen LogP contribution in [-0.2, 0) is 6.42 Å². The summed E-state index contributed by atoms with van der Waals surface area (Å²) in [6.07, 6.45) is 0.826. The quantitative estimate of drug-likeness (QED) is 0.679. The van der Waals surface area contributed by atoms with Gasteiger partial charge in [-0.25, -0.2) is 4.98 Å². The second-order valence-electron chi connectivity index (χ2n) is 1.64. The Hall–Kier alpha value is -0.210. The summed E-state index contributed by atoms with van der Waals surface area (Å²) in [5, 5.41) is 0.780. The molecule has 4 heteroatoms. The van der Waals surface area contributed by atoms with E-state index in [0.717, 1.165) is 12.2 Å². The Labute approximate surface area is 63.2 Å². The van der Waals surface area contributed by atoms with Crippen LogP contribution in [-0.4, -0.2) is 9.97 Å². The Morgan fingerprint density at radius 3 is 2.44 bits per heavy atom. The van der Waals surface area contributed by atoms with E-state index in [1.54, 1.807) is 0 Å². The summed E-state index contributed by atoms with van der Waals surface area (Å²) in [4.78, 5) is 6.72. The molecule has 1 aromatic heterocycles. The summed E-state index contributed by atoms with van der Waals surface area (Å²) in [7, 11) is 0. The number of halogens is 2. The third-order valence-electron chi connectivity index (χ3n) is 1.00. The van der Waals surface area contributed by atoms with Crippen LogP contribution in [0, 0.1) is 0 Å². The molecule has 0 radical (unpaired) electrons. The van der Waals surface area contributed by atoms with Gasteiger partial charge in [-0.2, -0.15) is 0 Å². The van der Waals surface area contributed by atoms with Crippen LogP contribution < -0.4 is 0 Å². The molecular formula is C5H6Cl2N2. The van der Waals surface area contributed by atoms with Gasteiger partial charge in [0.1, 0.15) is 11.0 Å². The zero-order valence-corrected chi connectivity index (χ0v) is 6.42. The first-order valence-corrected chi connectivity index (χ1v) is 3.39. The van der Waals surface area contributed by atoms with E-state index in [1.807, 2.05) is 6.92 Å². The van der Waals surface area contributed by atoms with E-state index in [2.05, 4.69) is 9.97 Å². The fourth-order valence-corrected chi connectivity index (χ4v) is 0.842. The number of hydrogen-bond acceptors (Lipinski definition) is 1. The predicted molar refractivity (Wildman–Crippen MR) is 38.0 cm³/mol. The molecule has 0 bridgehead atoms. The third kappa shape index (κ3) is 1.37. The molecule has 1 aromatic rings. The van der Waals surface area contributed by atoms with Crippen molar-refractivity contribution in [2.75, 3.05) is 0 Å². The highest BCUT2D eigenvalue weighted by Gasteiger charge is 2.01. The van der Waals surface area contributed by atoms with Gasteiger partial charge >= 0.3 is 0 Å². The Morgan fingerprint density at radius 1 is 1.56 bits per heavy atom. The molecule has 50 valence electrons. The molecule has 2 nitrogen and oxygen atoms in total. The molecular weight excluding hydrogens is 159 g/mol. The van der Waals surface area contributed by atoms with E-state index < -0.39 is 0 Å². The SMILES string of the molecule is CCc1nc(Cl)c(Cl)[nH]1. The number of H-pyrrole nitrogens is 1.